The first-order valence-corrected chi connectivity index (χ1v) is 9.89. The van der Waals surface area contributed by atoms with Crippen molar-refractivity contribution in [3.8, 4) is 12.3 Å². The van der Waals surface area contributed by atoms with Crippen LogP contribution < -0.4 is 0 Å². The second-order valence-corrected chi connectivity index (χ2v) is 9.08. The molecular formula is C22H28O4. The Morgan fingerprint density at radius 1 is 1.31 bits per heavy atom. The average molecular weight is 356 g/mol. The molecule has 0 bridgehead atoms. The lowest BCUT2D eigenvalue weighted by Gasteiger charge is -2.56. The van der Waals surface area contributed by atoms with Gasteiger partial charge in [-0.2, -0.15) is 0 Å². The normalized spacial score (nSPS) is 47.1. The number of hydrogen-bond acceptors (Lipinski definition) is 4. The van der Waals surface area contributed by atoms with Crippen LogP contribution in [0.4, 0.5) is 0 Å². The average Bonchev–Trinajstić information content (AvgIpc) is 2.89. The van der Waals surface area contributed by atoms with Crippen molar-refractivity contribution >= 4 is 11.8 Å². The summed E-state index contributed by atoms with van der Waals surface area (Å²) in [4.78, 5) is 24.1. The second-order valence-electron chi connectivity index (χ2n) is 9.08. The van der Waals surface area contributed by atoms with E-state index in [9.17, 15) is 14.7 Å². The van der Waals surface area contributed by atoms with Gasteiger partial charge in [0.1, 0.15) is 0 Å². The molecule has 0 aromatic carbocycles. The van der Waals surface area contributed by atoms with Crippen LogP contribution in [0.2, 0.25) is 0 Å². The summed E-state index contributed by atoms with van der Waals surface area (Å²) in [5.41, 5.74) is -0.0714. The molecule has 4 rings (SSSR count). The Hall–Kier alpha value is -1.60. The van der Waals surface area contributed by atoms with Crippen LogP contribution in [0.1, 0.15) is 58.8 Å². The van der Waals surface area contributed by atoms with Gasteiger partial charge in [0.2, 0.25) is 0 Å². The van der Waals surface area contributed by atoms with Crippen LogP contribution in [0.25, 0.3) is 0 Å². The lowest BCUT2D eigenvalue weighted by Crippen LogP contribution is -2.56. The highest BCUT2D eigenvalue weighted by molar-refractivity contribution is 5.93. The predicted octanol–water partition coefficient (Wildman–Crippen LogP) is 3.03. The molecule has 4 aliphatic carbocycles. The number of fused-ring (bicyclic) bond motifs is 5. The molecule has 0 heterocycles. The van der Waals surface area contributed by atoms with E-state index in [4.69, 9.17) is 11.2 Å². The van der Waals surface area contributed by atoms with Crippen molar-refractivity contribution in [3.05, 3.63) is 11.6 Å². The Kier molecular flexibility index (Phi) is 4.08. The zero-order valence-corrected chi connectivity index (χ0v) is 15.7. The lowest BCUT2D eigenvalue weighted by atomic mass is 9.50. The monoisotopic (exact) mass is 356 g/mol. The Labute approximate surface area is 155 Å². The predicted molar refractivity (Wildman–Crippen MR) is 96.8 cm³/mol. The fraction of sp³-hybridized carbons (Fsp3) is 0.727. The quantitative estimate of drug-likeness (QED) is 0.579. The van der Waals surface area contributed by atoms with E-state index in [0.29, 0.717) is 17.8 Å². The molecule has 4 nitrogen and oxygen atoms in total. The zero-order valence-electron chi connectivity index (χ0n) is 15.7. The zero-order chi connectivity index (χ0) is 18.7. The molecule has 0 aromatic heterocycles. The van der Waals surface area contributed by atoms with Gasteiger partial charge in [-0.3, -0.25) is 9.59 Å². The van der Waals surface area contributed by atoms with Crippen molar-refractivity contribution in [2.75, 3.05) is 0 Å². The van der Waals surface area contributed by atoms with Gasteiger partial charge in [0.25, 0.3) is 0 Å². The highest BCUT2D eigenvalue weighted by Crippen LogP contribution is 2.63. The number of esters is 1. The summed E-state index contributed by atoms with van der Waals surface area (Å²) in [5, 5.41) is 10.6. The largest absolute Gasteiger partial charge is 0.445 e. The van der Waals surface area contributed by atoms with Crippen molar-refractivity contribution in [3.63, 3.8) is 0 Å². The van der Waals surface area contributed by atoms with Crippen molar-refractivity contribution in [2.24, 2.45) is 29.1 Å². The van der Waals surface area contributed by atoms with Crippen molar-refractivity contribution < 1.29 is 19.4 Å². The maximum atomic E-state index is 12.3. The van der Waals surface area contributed by atoms with Crippen LogP contribution in [0.5, 0.6) is 0 Å². The SMILES string of the molecule is C#CC1(OC(C)=O)CC(=O)C=C2CC[C@@H]3[C@H](CC[C@]4(C)[C@@H](O)CC[C@@H]34)C21. The highest BCUT2D eigenvalue weighted by Gasteiger charge is 2.60. The first kappa shape index (κ1) is 17.8. The third-order valence-electron chi connectivity index (χ3n) is 7.89. The summed E-state index contributed by atoms with van der Waals surface area (Å²) in [5.74, 6) is 3.51. The molecule has 26 heavy (non-hydrogen) atoms. The van der Waals surface area contributed by atoms with Gasteiger partial charge in [0, 0.05) is 12.8 Å². The molecule has 4 heteroatoms. The second kappa shape index (κ2) is 5.96. The van der Waals surface area contributed by atoms with E-state index in [1.807, 2.05) is 0 Å². The first-order valence-electron chi connectivity index (χ1n) is 9.89. The maximum Gasteiger partial charge on any atom is 0.304 e. The minimum Gasteiger partial charge on any atom is -0.445 e. The molecule has 7 atom stereocenters. The number of carbonyl (C=O) groups excluding carboxylic acids is 2. The van der Waals surface area contributed by atoms with E-state index in [-0.39, 0.29) is 29.6 Å². The number of ketones is 1. The summed E-state index contributed by atoms with van der Waals surface area (Å²) in [6.07, 6.45) is 13.3. The van der Waals surface area contributed by atoms with Crippen LogP contribution >= 0.6 is 0 Å². The number of rotatable bonds is 1. The van der Waals surface area contributed by atoms with Gasteiger partial charge in [-0.05, 0) is 67.8 Å². The Morgan fingerprint density at radius 2 is 2.08 bits per heavy atom. The molecule has 0 amide bonds. The van der Waals surface area contributed by atoms with Crippen molar-refractivity contribution in [1.29, 1.82) is 0 Å². The van der Waals surface area contributed by atoms with Gasteiger partial charge < -0.3 is 9.84 Å². The van der Waals surface area contributed by atoms with Crippen LogP contribution in [0.15, 0.2) is 11.6 Å². The number of aliphatic hydroxyl groups is 1. The number of ether oxygens (including phenoxy) is 1. The fourth-order valence-electron chi connectivity index (χ4n) is 6.84. The Morgan fingerprint density at radius 3 is 2.77 bits per heavy atom. The standard InChI is InChI=1S/C22H28O4/c1-4-22(26-13(2)23)12-15(24)11-14-5-6-16-17(20(14)22)9-10-21(3)18(16)7-8-19(21)25/h1,11,16-20,25H,5-10,12H2,2-3H3/t16-,17+,18+,19+,20?,21+,22?/m1/s1. The number of aliphatic hydroxyl groups excluding tert-OH is 1. The molecule has 0 saturated heterocycles. The molecule has 3 saturated carbocycles. The van der Waals surface area contributed by atoms with Gasteiger partial charge in [0.05, 0.1) is 12.5 Å². The molecule has 4 aliphatic rings. The molecule has 0 radical (unpaired) electrons. The topological polar surface area (TPSA) is 63.6 Å². The third kappa shape index (κ3) is 2.40. The molecule has 1 N–H and O–H groups in total. The van der Waals surface area contributed by atoms with Gasteiger partial charge in [-0.15, -0.1) is 6.42 Å². The van der Waals surface area contributed by atoms with E-state index in [1.54, 1.807) is 6.08 Å². The van der Waals surface area contributed by atoms with Crippen LogP contribution in [-0.2, 0) is 14.3 Å². The van der Waals surface area contributed by atoms with Gasteiger partial charge in [0.15, 0.2) is 11.4 Å². The van der Waals surface area contributed by atoms with Crippen LogP contribution in [-0.4, -0.2) is 28.6 Å². The lowest BCUT2D eigenvalue weighted by molar-refractivity contribution is -0.164. The van der Waals surface area contributed by atoms with Crippen LogP contribution in [0.3, 0.4) is 0 Å². The molecule has 0 spiro atoms. The van der Waals surface area contributed by atoms with Crippen molar-refractivity contribution in [1.82, 2.24) is 0 Å². The molecule has 3 fully saturated rings. The maximum absolute atomic E-state index is 12.3. The first-order chi connectivity index (χ1) is 12.3. The summed E-state index contributed by atoms with van der Waals surface area (Å²) >= 11 is 0. The number of terminal acetylenes is 1. The van der Waals surface area contributed by atoms with E-state index in [0.717, 1.165) is 44.1 Å². The van der Waals surface area contributed by atoms with E-state index in [2.05, 4.69) is 12.8 Å². The minimum atomic E-state index is -1.14. The van der Waals surface area contributed by atoms with E-state index < -0.39 is 11.6 Å². The fourth-order valence-corrected chi connectivity index (χ4v) is 6.84. The Bertz CT molecular complexity index is 716. The third-order valence-corrected chi connectivity index (χ3v) is 7.89. The molecule has 2 unspecified atom stereocenters. The van der Waals surface area contributed by atoms with Gasteiger partial charge >= 0.3 is 5.97 Å². The van der Waals surface area contributed by atoms with Gasteiger partial charge in [-0.25, -0.2) is 0 Å². The molecule has 140 valence electrons. The molecule has 0 aliphatic heterocycles. The summed E-state index contributed by atoms with van der Waals surface area (Å²) < 4.78 is 5.69. The minimum absolute atomic E-state index is 0.00684. The number of carbonyl (C=O) groups is 2. The molecule has 0 aromatic rings. The van der Waals surface area contributed by atoms with Crippen LogP contribution in [0, 0.1) is 41.4 Å². The molecular weight excluding hydrogens is 328 g/mol. The van der Waals surface area contributed by atoms with Gasteiger partial charge in [-0.1, -0.05) is 18.4 Å². The summed E-state index contributed by atoms with van der Waals surface area (Å²) in [6, 6.07) is 0. The highest BCUT2D eigenvalue weighted by atomic mass is 16.6. The van der Waals surface area contributed by atoms with E-state index in [1.165, 1.54) is 6.92 Å². The summed E-state index contributed by atoms with van der Waals surface area (Å²) in [7, 11) is 0. The van der Waals surface area contributed by atoms with E-state index >= 15 is 0 Å². The smallest absolute Gasteiger partial charge is 0.304 e. The summed E-state index contributed by atoms with van der Waals surface area (Å²) in [6.45, 7) is 3.61. The number of hydrogen-bond donors (Lipinski definition) is 1. The van der Waals surface area contributed by atoms with Crippen molar-refractivity contribution in [2.45, 2.75) is 70.5 Å². The Balaban J connectivity index is 1.74.